The number of aromatic nitrogens is 2. The van der Waals surface area contributed by atoms with Gasteiger partial charge in [-0.1, -0.05) is 12.1 Å². The molecule has 5 rings (SSSR count). The molecule has 7 nitrogen and oxygen atoms in total. The molecule has 3 aliphatic rings. The fourth-order valence-electron chi connectivity index (χ4n) is 5.53. The fourth-order valence-corrected chi connectivity index (χ4v) is 5.53. The number of fused-ring (bicyclic) bond motifs is 5. The van der Waals surface area contributed by atoms with Gasteiger partial charge in [0.25, 0.3) is 5.56 Å². The van der Waals surface area contributed by atoms with Crippen LogP contribution in [0.1, 0.15) is 38.6 Å². The van der Waals surface area contributed by atoms with Gasteiger partial charge >= 0.3 is 0 Å². The maximum Gasteiger partial charge on any atom is 0.261 e. The van der Waals surface area contributed by atoms with Crippen LogP contribution in [0, 0.1) is 11.8 Å². The lowest BCUT2D eigenvalue weighted by Gasteiger charge is -2.52. The first-order valence-corrected chi connectivity index (χ1v) is 10.6. The van der Waals surface area contributed by atoms with E-state index in [9.17, 15) is 14.4 Å². The van der Waals surface area contributed by atoms with E-state index < -0.39 is 6.04 Å². The molecular weight excluding hydrogens is 368 g/mol. The second-order valence-corrected chi connectivity index (χ2v) is 8.76. The summed E-state index contributed by atoms with van der Waals surface area (Å²) in [6.07, 6.45) is 5.22. The van der Waals surface area contributed by atoms with Crippen molar-refractivity contribution < 1.29 is 9.59 Å². The van der Waals surface area contributed by atoms with Crippen LogP contribution in [0.2, 0.25) is 0 Å². The average molecular weight is 394 g/mol. The first kappa shape index (κ1) is 18.3. The topological polar surface area (TPSA) is 75.5 Å². The Bertz CT molecular complexity index is 1030. The highest BCUT2D eigenvalue weighted by Gasteiger charge is 2.45. The first-order chi connectivity index (χ1) is 14.0. The normalized spacial score (nSPS) is 27.6. The zero-order valence-electron chi connectivity index (χ0n) is 16.7. The van der Waals surface area contributed by atoms with E-state index in [0.29, 0.717) is 42.2 Å². The lowest BCUT2D eigenvalue weighted by Crippen LogP contribution is -2.61. The van der Waals surface area contributed by atoms with E-state index in [1.807, 2.05) is 17.0 Å². The lowest BCUT2D eigenvalue weighted by molar-refractivity contribution is -0.149. The molecule has 0 spiro atoms. The molecule has 7 heteroatoms. The summed E-state index contributed by atoms with van der Waals surface area (Å²) in [5.74, 6) is 0.913. The van der Waals surface area contributed by atoms with E-state index in [4.69, 9.17) is 0 Å². The van der Waals surface area contributed by atoms with E-state index in [2.05, 4.69) is 9.88 Å². The van der Waals surface area contributed by atoms with Crippen LogP contribution in [0.3, 0.4) is 0 Å². The molecule has 3 saturated heterocycles. The molecule has 4 atom stereocenters. The van der Waals surface area contributed by atoms with Crippen LogP contribution in [0.5, 0.6) is 0 Å². The fraction of sp³-hybridized carbons (Fsp3) is 0.545. The number of nitrogens with zero attached hydrogens (tertiary/aromatic N) is 4. The highest BCUT2D eigenvalue weighted by atomic mass is 16.2. The summed E-state index contributed by atoms with van der Waals surface area (Å²) in [6.45, 7) is 3.87. The van der Waals surface area contributed by atoms with Crippen molar-refractivity contribution in [2.75, 3.05) is 19.6 Å². The molecule has 152 valence electrons. The molecule has 2 bridgehead atoms. The average Bonchev–Trinajstić information content (AvgIpc) is 2.74. The Morgan fingerprint density at radius 2 is 2.00 bits per heavy atom. The summed E-state index contributed by atoms with van der Waals surface area (Å²) >= 11 is 0. The van der Waals surface area contributed by atoms with Gasteiger partial charge in [0.05, 0.1) is 17.2 Å². The van der Waals surface area contributed by atoms with Crippen molar-refractivity contribution in [2.45, 2.75) is 44.7 Å². The van der Waals surface area contributed by atoms with Crippen LogP contribution in [-0.2, 0) is 9.59 Å². The Hall–Kier alpha value is -2.70. The number of para-hydroxylation sites is 1. The van der Waals surface area contributed by atoms with Crippen LogP contribution < -0.4 is 5.56 Å². The second-order valence-electron chi connectivity index (χ2n) is 8.76. The Balaban J connectivity index is 1.38. The zero-order chi connectivity index (χ0) is 20.1. The molecule has 0 radical (unpaired) electrons. The SMILES string of the molecule is C[C@@H](C(=O)N1C[C@@H]2C[C@@H](C1)C1CCCC(=O)N1C2)n1cnc2ccccc2c1=O. The van der Waals surface area contributed by atoms with Crippen molar-refractivity contribution in [2.24, 2.45) is 11.8 Å². The number of hydrogen-bond donors (Lipinski definition) is 0. The maximum absolute atomic E-state index is 13.3. The summed E-state index contributed by atoms with van der Waals surface area (Å²) in [5.41, 5.74) is 0.459. The molecule has 4 heterocycles. The molecule has 1 aromatic carbocycles. The van der Waals surface area contributed by atoms with Gasteiger partial charge in [-0.05, 0) is 50.2 Å². The third-order valence-electron chi connectivity index (χ3n) is 6.96. The molecule has 3 fully saturated rings. The largest absolute Gasteiger partial charge is 0.340 e. The number of carbonyl (C=O) groups is 2. The number of piperidine rings is 3. The van der Waals surface area contributed by atoms with Gasteiger partial charge in [-0.25, -0.2) is 4.98 Å². The standard InChI is InChI=1S/C22H26N4O3/c1-14(26-13-23-18-6-3-2-5-17(18)22(26)29)21(28)24-10-15-9-16(12-24)19-7-4-8-20(27)25(19)11-15/h2-3,5-6,13-16,19H,4,7-12H2,1H3/t14-,15-,16-,19?/m0/s1. The smallest absolute Gasteiger partial charge is 0.261 e. The molecule has 29 heavy (non-hydrogen) atoms. The minimum Gasteiger partial charge on any atom is -0.340 e. The van der Waals surface area contributed by atoms with Gasteiger partial charge in [-0.15, -0.1) is 0 Å². The summed E-state index contributed by atoms with van der Waals surface area (Å²) in [4.78, 5) is 46.8. The van der Waals surface area contributed by atoms with Crippen molar-refractivity contribution in [3.8, 4) is 0 Å². The monoisotopic (exact) mass is 394 g/mol. The quantitative estimate of drug-likeness (QED) is 0.779. The molecule has 1 unspecified atom stereocenters. The molecule has 2 aromatic rings. The summed E-state index contributed by atoms with van der Waals surface area (Å²) < 4.78 is 1.45. The first-order valence-electron chi connectivity index (χ1n) is 10.6. The van der Waals surface area contributed by atoms with Gasteiger partial charge in [0, 0.05) is 32.1 Å². The molecular formula is C22H26N4O3. The van der Waals surface area contributed by atoms with Crippen molar-refractivity contribution in [3.63, 3.8) is 0 Å². The van der Waals surface area contributed by atoms with Crippen LogP contribution in [0.4, 0.5) is 0 Å². The van der Waals surface area contributed by atoms with Crippen molar-refractivity contribution in [3.05, 3.63) is 40.9 Å². The van der Waals surface area contributed by atoms with Crippen LogP contribution >= 0.6 is 0 Å². The highest BCUT2D eigenvalue weighted by molar-refractivity contribution is 5.82. The summed E-state index contributed by atoms with van der Waals surface area (Å²) in [5, 5.41) is 0.529. The molecule has 0 aliphatic carbocycles. The third kappa shape index (κ3) is 3.03. The van der Waals surface area contributed by atoms with E-state index >= 15 is 0 Å². The number of carbonyl (C=O) groups excluding carboxylic acids is 2. The van der Waals surface area contributed by atoms with Crippen LogP contribution in [0.25, 0.3) is 10.9 Å². The van der Waals surface area contributed by atoms with E-state index in [1.54, 1.807) is 19.1 Å². The van der Waals surface area contributed by atoms with E-state index in [-0.39, 0.29) is 23.4 Å². The molecule has 0 saturated carbocycles. The van der Waals surface area contributed by atoms with Gasteiger partial charge in [-0.3, -0.25) is 19.0 Å². The van der Waals surface area contributed by atoms with Crippen LogP contribution in [0.15, 0.2) is 35.4 Å². The van der Waals surface area contributed by atoms with E-state index in [1.165, 1.54) is 10.9 Å². The minimum atomic E-state index is -0.595. The van der Waals surface area contributed by atoms with Crippen LogP contribution in [-0.4, -0.2) is 56.8 Å². The number of benzene rings is 1. The highest BCUT2D eigenvalue weighted by Crippen LogP contribution is 2.38. The number of amides is 2. The Morgan fingerprint density at radius 3 is 2.86 bits per heavy atom. The number of likely N-dealkylation sites (tertiary alicyclic amines) is 1. The van der Waals surface area contributed by atoms with Crippen molar-refractivity contribution in [1.29, 1.82) is 0 Å². The second kappa shape index (κ2) is 6.97. The Labute approximate surface area is 169 Å². The Morgan fingerprint density at radius 1 is 1.17 bits per heavy atom. The zero-order valence-corrected chi connectivity index (χ0v) is 16.7. The van der Waals surface area contributed by atoms with Gasteiger partial charge in [0.2, 0.25) is 11.8 Å². The lowest BCUT2D eigenvalue weighted by atomic mass is 9.76. The van der Waals surface area contributed by atoms with Crippen molar-refractivity contribution in [1.82, 2.24) is 19.4 Å². The Kier molecular flexibility index (Phi) is 4.41. The molecule has 0 N–H and O–H groups in total. The summed E-state index contributed by atoms with van der Waals surface area (Å²) in [6, 6.07) is 6.88. The van der Waals surface area contributed by atoms with Gasteiger partial charge < -0.3 is 9.80 Å². The molecule has 3 aliphatic heterocycles. The van der Waals surface area contributed by atoms with Crippen molar-refractivity contribution >= 4 is 22.7 Å². The predicted molar refractivity (Wildman–Crippen MR) is 108 cm³/mol. The molecule has 2 amide bonds. The third-order valence-corrected chi connectivity index (χ3v) is 6.96. The van der Waals surface area contributed by atoms with Gasteiger partial charge in [0.1, 0.15) is 6.04 Å². The number of hydrogen-bond acceptors (Lipinski definition) is 4. The predicted octanol–water partition coefficient (Wildman–Crippen LogP) is 1.82. The molecule has 1 aromatic heterocycles. The minimum absolute atomic E-state index is 0.0329. The summed E-state index contributed by atoms with van der Waals surface area (Å²) in [7, 11) is 0. The van der Waals surface area contributed by atoms with Gasteiger partial charge in [-0.2, -0.15) is 0 Å². The van der Waals surface area contributed by atoms with Gasteiger partial charge in [0.15, 0.2) is 0 Å². The van der Waals surface area contributed by atoms with E-state index in [0.717, 1.165) is 25.8 Å². The maximum atomic E-state index is 13.3. The number of rotatable bonds is 2.